The second-order valence-electron chi connectivity index (χ2n) is 3.80. The summed E-state index contributed by atoms with van der Waals surface area (Å²) in [7, 11) is 3.01. The van der Waals surface area contributed by atoms with Crippen LogP contribution in [-0.4, -0.2) is 26.7 Å². The van der Waals surface area contributed by atoms with Crippen molar-refractivity contribution in [1.82, 2.24) is 0 Å². The Balaban J connectivity index is 2.66. The number of halogens is 1. The number of benzene rings is 1. The van der Waals surface area contributed by atoms with Gasteiger partial charge < -0.3 is 14.8 Å². The molecule has 0 fully saturated rings. The average Bonchev–Trinajstić information content (AvgIpc) is 2.44. The maximum Gasteiger partial charge on any atom is 0.333 e. The molecule has 0 atom stereocenters. The Morgan fingerprint density at radius 1 is 1.42 bits per heavy atom. The summed E-state index contributed by atoms with van der Waals surface area (Å²) >= 11 is 3.40. The van der Waals surface area contributed by atoms with E-state index in [9.17, 15) is 4.79 Å². The van der Waals surface area contributed by atoms with Crippen LogP contribution in [0.4, 0.5) is 5.69 Å². The first-order chi connectivity index (χ1) is 9.12. The van der Waals surface area contributed by atoms with Crippen molar-refractivity contribution in [2.75, 3.05) is 26.1 Å². The van der Waals surface area contributed by atoms with Crippen molar-refractivity contribution in [2.45, 2.75) is 13.3 Å². The standard InChI is InChI=1S/C14H18BrNO3/c1-4-10(14(17)19-3)7-8-16-11-5-6-12(15)13(9-11)18-2/h5-7,9,16H,4,8H2,1-3H3/b10-7-. The van der Waals surface area contributed by atoms with Crippen LogP contribution in [0.1, 0.15) is 13.3 Å². The lowest BCUT2D eigenvalue weighted by molar-refractivity contribution is -0.136. The topological polar surface area (TPSA) is 47.6 Å². The predicted molar refractivity (Wildman–Crippen MR) is 79.6 cm³/mol. The van der Waals surface area contributed by atoms with Gasteiger partial charge in [0.15, 0.2) is 0 Å². The normalized spacial score (nSPS) is 11.1. The zero-order valence-corrected chi connectivity index (χ0v) is 12.9. The van der Waals surface area contributed by atoms with Gasteiger partial charge in [-0.05, 0) is 34.5 Å². The number of rotatable bonds is 6. The van der Waals surface area contributed by atoms with Gasteiger partial charge in [0, 0.05) is 23.9 Å². The summed E-state index contributed by atoms with van der Waals surface area (Å²) in [5, 5.41) is 3.21. The Kier molecular flexibility index (Phi) is 6.42. The van der Waals surface area contributed by atoms with Crippen LogP contribution in [0.15, 0.2) is 34.3 Å². The number of anilines is 1. The highest BCUT2D eigenvalue weighted by molar-refractivity contribution is 9.10. The van der Waals surface area contributed by atoms with Crippen molar-refractivity contribution in [2.24, 2.45) is 0 Å². The van der Waals surface area contributed by atoms with Crippen LogP contribution < -0.4 is 10.1 Å². The molecule has 0 spiro atoms. The van der Waals surface area contributed by atoms with Crippen molar-refractivity contribution >= 4 is 27.6 Å². The molecule has 4 nitrogen and oxygen atoms in total. The Labute approximate surface area is 121 Å². The molecule has 19 heavy (non-hydrogen) atoms. The van der Waals surface area contributed by atoms with Crippen molar-refractivity contribution in [3.05, 3.63) is 34.3 Å². The molecule has 0 amide bonds. The van der Waals surface area contributed by atoms with Crippen LogP contribution in [0.2, 0.25) is 0 Å². The zero-order chi connectivity index (χ0) is 14.3. The van der Waals surface area contributed by atoms with Crippen LogP contribution in [-0.2, 0) is 9.53 Å². The van der Waals surface area contributed by atoms with Gasteiger partial charge in [-0.1, -0.05) is 13.0 Å². The van der Waals surface area contributed by atoms with Crippen molar-refractivity contribution in [3.8, 4) is 5.75 Å². The average molecular weight is 328 g/mol. The molecule has 1 aromatic carbocycles. The number of ether oxygens (including phenoxy) is 2. The fourth-order valence-electron chi connectivity index (χ4n) is 1.56. The molecule has 1 N–H and O–H groups in total. The first-order valence-corrected chi connectivity index (χ1v) is 6.76. The maximum absolute atomic E-state index is 11.4. The van der Waals surface area contributed by atoms with E-state index in [1.165, 1.54) is 7.11 Å². The van der Waals surface area contributed by atoms with Crippen molar-refractivity contribution in [1.29, 1.82) is 0 Å². The van der Waals surface area contributed by atoms with Crippen LogP contribution >= 0.6 is 15.9 Å². The monoisotopic (exact) mass is 327 g/mol. The molecule has 0 unspecified atom stereocenters. The molecule has 0 saturated carbocycles. The summed E-state index contributed by atoms with van der Waals surface area (Å²) in [5.74, 6) is 0.482. The van der Waals surface area contributed by atoms with Crippen LogP contribution in [0.25, 0.3) is 0 Å². The summed E-state index contributed by atoms with van der Waals surface area (Å²) < 4.78 is 10.8. The lowest BCUT2D eigenvalue weighted by atomic mass is 10.2. The highest BCUT2D eigenvalue weighted by Crippen LogP contribution is 2.27. The third-order valence-electron chi connectivity index (χ3n) is 2.63. The molecule has 1 rings (SSSR count). The minimum atomic E-state index is -0.280. The van der Waals surface area contributed by atoms with E-state index >= 15 is 0 Å². The number of carbonyl (C=O) groups excluding carboxylic acids is 1. The number of hydrogen-bond acceptors (Lipinski definition) is 4. The molecule has 0 bridgehead atoms. The fourth-order valence-corrected chi connectivity index (χ4v) is 1.97. The summed E-state index contributed by atoms with van der Waals surface area (Å²) in [5.41, 5.74) is 1.59. The van der Waals surface area contributed by atoms with Crippen LogP contribution in [0.3, 0.4) is 0 Å². The van der Waals surface area contributed by atoms with Gasteiger partial charge in [-0.3, -0.25) is 0 Å². The van der Waals surface area contributed by atoms with E-state index in [0.717, 1.165) is 15.9 Å². The third-order valence-corrected chi connectivity index (χ3v) is 3.29. The van der Waals surface area contributed by atoms with Gasteiger partial charge in [0.2, 0.25) is 0 Å². The zero-order valence-electron chi connectivity index (χ0n) is 11.3. The van der Waals surface area contributed by atoms with E-state index < -0.39 is 0 Å². The largest absolute Gasteiger partial charge is 0.495 e. The first kappa shape index (κ1) is 15.6. The quantitative estimate of drug-likeness (QED) is 0.642. The van der Waals surface area contributed by atoms with Gasteiger partial charge in [-0.25, -0.2) is 4.79 Å². The first-order valence-electron chi connectivity index (χ1n) is 5.97. The van der Waals surface area contributed by atoms with Crippen LogP contribution in [0, 0.1) is 0 Å². The summed E-state index contributed by atoms with van der Waals surface area (Å²) in [4.78, 5) is 11.4. The number of nitrogens with one attached hydrogen (secondary N) is 1. The minimum absolute atomic E-state index is 0.280. The smallest absolute Gasteiger partial charge is 0.333 e. The molecule has 0 aromatic heterocycles. The van der Waals surface area contributed by atoms with E-state index in [-0.39, 0.29) is 5.97 Å². The van der Waals surface area contributed by atoms with Gasteiger partial charge in [0.25, 0.3) is 0 Å². The molecule has 5 heteroatoms. The lowest BCUT2D eigenvalue weighted by Gasteiger charge is -2.08. The molecule has 0 radical (unpaired) electrons. The fraction of sp³-hybridized carbons (Fsp3) is 0.357. The summed E-state index contributed by atoms with van der Waals surface area (Å²) in [6.07, 6.45) is 2.48. The lowest BCUT2D eigenvalue weighted by Crippen LogP contribution is -2.07. The van der Waals surface area contributed by atoms with Crippen molar-refractivity contribution < 1.29 is 14.3 Å². The number of carbonyl (C=O) groups is 1. The van der Waals surface area contributed by atoms with E-state index in [0.29, 0.717) is 18.5 Å². The summed E-state index contributed by atoms with van der Waals surface area (Å²) in [6.45, 7) is 2.48. The van der Waals surface area contributed by atoms with Gasteiger partial charge in [-0.15, -0.1) is 0 Å². The molecule has 0 saturated heterocycles. The SMILES string of the molecule is CC/C(=C/CNc1ccc(Br)c(OC)c1)C(=O)OC. The predicted octanol–water partition coefficient (Wildman–Crippen LogP) is 3.38. The molecule has 104 valence electrons. The molecule has 1 aromatic rings. The maximum atomic E-state index is 11.4. The van der Waals surface area contributed by atoms with E-state index in [2.05, 4.69) is 21.2 Å². The van der Waals surface area contributed by atoms with E-state index in [1.807, 2.05) is 31.2 Å². The van der Waals surface area contributed by atoms with Gasteiger partial charge in [0.1, 0.15) is 5.75 Å². The Hall–Kier alpha value is -1.49. The Morgan fingerprint density at radius 3 is 2.74 bits per heavy atom. The number of esters is 1. The van der Waals surface area contributed by atoms with Crippen LogP contribution in [0.5, 0.6) is 5.75 Å². The second kappa shape index (κ2) is 7.84. The van der Waals surface area contributed by atoms with Gasteiger partial charge in [-0.2, -0.15) is 0 Å². The number of methoxy groups -OCH3 is 2. The summed E-state index contributed by atoms with van der Waals surface area (Å²) in [6, 6.07) is 5.73. The Morgan fingerprint density at radius 2 is 2.16 bits per heavy atom. The molecule has 0 heterocycles. The van der Waals surface area contributed by atoms with Gasteiger partial charge in [0.05, 0.1) is 18.7 Å². The minimum Gasteiger partial charge on any atom is -0.495 e. The highest BCUT2D eigenvalue weighted by Gasteiger charge is 2.06. The molecule has 0 aliphatic carbocycles. The van der Waals surface area contributed by atoms with E-state index in [1.54, 1.807) is 7.11 Å². The van der Waals surface area contributed by atoms with Crippen molar-refractivity contribution in [3.63, 3.8) is 0 Å². The Bertz CT molecular complexity index is 472. The molecule has 0 aliphatic rings. The molecular weight excluding hydrogens is 310 g/mol. The van der Waals surface area contributed by atoms with Gasteiger partial charge >= 0.3 is 5.97 Å². The molecular formula is C14H18BrNO3. The highest BCUT2D eigenvalue weighted by atomic mass is 79.9. The second-order valence-corrected chi connectivity index (χ2v) is 4.66. The third kappa shape index (κ3) is 4.59. The van der Waals surface area contributed by atoms with E-state index in [4.69, 9.17) is 9.47 Å². The molecule has 0 aliphatic heterocycles. The number of hydrogen-bond donors (Lipinski definition) is 1.